The fraction of sp³-hybridized carbons (Fsp3) is 0.316. The summed E-state index contributed by atoms with van der Waals surface area (Å²) in [5.74, 6) is 0.802. The molecule has 22 heavy (non-hydrogen) atoms. The second-order valence-electron chi connectivity index (χ2n) is 6.01. The third-order valence-electron chi connectivity index (χ3n) is 3.31. The fourth-order valence-corrected chi connectivity index (χ4v) is 2.37. The SMILES string of the molecule is CC(C)(Cc1ccccc1)NC(=O)CCOc1ccccc1. The van der Waals surface area contributed by atoms with E-state index in [9.17, 15) is 4.79 Å². The summed E-state index contributed by atoms with van der Waals surface area (Å²) >= 11 is 0. The summed E-state index contributed by atoms with van der Waals surface area (Å²) in [5, 5.41) is 3.07. The lowest BCUT2D eigenvalue weighted by Crippen LogP contribution is -2.45. The molecule has 0 spiro atoms. The monoisotopic (exact) mass is 297 g/mol. The predicted octanol–water partition coefficient (Wildman–Crippen LogP) is 3.59. The first kappa shape index (κ1) is 16.1. The van der Waals surface area contributed by atoms with Crippen LogP contribution in [0.15, 0.2) is 60.7 Å². The van der Waals surface area contributed by atoms with E-state index in [-0.39, 0.29) is 11.4 Å². The number of rotatable bonds is 7. The van der Waals surface area contributed by atoms with Gasteiger partial charge in [0.2, 0.25) is 5.91 Å². The molecular weight excluding hydrogens is 274 g/mol. The van der Waals surface area contributed by atoms with E-state index >= 15 is 0 Å². The van der Waals surface area contributed by atoms with Crippen molar-refractivity contribution in [2.24, 2.45) is 0 Å². The molecule has 2 aromatic carbocycles. The lowest BCUT2D eigenvalue weighted by Gasteiger charge is -2.26. The lowest BCUT2D eigenvalue weighted by molar-refractivity contribution is -0.123. The predicted molar refractivity (Wildman–Crippen MR) is 88.9 cm³/mol. The normalized spacial score (nSPS) is 11.0. The Hall–Kier alpha value is -2.29. The van der Waals surface area contributed by atoms with E-state index < -0.39 is 0 Å². The highest BCUT2D eigenvalue weighted by atomic mass is 16.5. The Balaban J connectivity index is 1.76. The first-order chi connectivity index (χ1) is 10.6. The molecule has 0 saturated carbocycles. The van der Waals surface area contributed by atoms with Crippen LogP contribution < -0.4 is 10.1 Å². The van der Waals surface area contributed by atoms with Crippen LogP contribution in [0.5, 0.6) is 5.75 Å². The van der Waals surface area contributed by atoms with E-state index in [0.29, 0.717) is 13.0 Å². The van der Waals surface area contributed by atoms with Gasteiger partial charge in [0.05, 0.1) is 13.0 Å². The van der Waals surface area contributed by atoms with Gasteiger partial charge in [0, 0.05) is 5.54 Å². The number of benzene rings is 2. The molecule has 0 heterocycles. The molecule has 1 amide bonds. The summed E-state index contributed by atoms with van der Waals surface area (Å²) < 4.78 is 5.55. The second-order valence-corrected chi connectivity index (χ2v) is 6.01. The third-order valence-corrected chi connectivity index (χ3v) is 3.31. The molecule has 0 atom stereocenters. The number of hydrogen-bond acceptors (Lipinski definition) is 2. The van der Waals surface area contributed by atoms with Crippen molar-refractivity contribution in [1.82, 2.24) is 5.32 Å². The largest absolute Gasteiger partial charge is 0.493 e. The summed E-state index contributed by atoms with van der Waals surface area (Å²) in [4.78, 5) is 12.0. The summed E-state index contributed by atoms with van der Waals surface area (Å²) in [7, 11) is 0. The molecule has 0 aliphatic rings. The minimum atomic E-state index is -0.273. The van der Waals surface area contributed by atoms with Gasteiger partial charge < -0.3 is 10.1 Å². The topological polar surface area (TPSA) is 38.3 Å². The van der Waals surface area contributed by atoms with E-state index in [1.165, 1.54) is 5.56 Å². The Bertz CT molecular complexity index is 579. The Morgan fingerprint density at radius 1 is 1.00 bits per heavy atom. The van der Waals surface area contributed by atoms with Gasteiger partial charge in [0.25, 0.3) is 0 Å². The van der Waals surface area contributed by atoms with Gasteiger partial charge in [-0.1, -0.05) is 48.5 Å². The van der Waals surface area contributed by atoms with Crippen molar-refractivity contribution in [3.05, 3.63) is 66.2 Å². The molecule has 0 aliphatic heterocycles. The van der Waals surface area contributed by atoms with Crippen LogP contribution in [0.2, 0.25) is 0 Å². The average molecular weight is 297 g/mol. The average Bonchev–Trinajstić information content (AvgIpc) is 2.48. The molecule has 0 aromatic heterocycles. The second kappa shape index (κ2) is 7.64. The molecular formula is C19H23NO2. The lowest BCUT2D eigenvalue weighted by atomic mass is 9.95. The van der Waals surface area contributed by atoms with Crippen LogP contribution in [-0.2, 0) is 11.2 Å². The van der Waals surface area contributed by atoms with E-state index in [1.807, 2.05) is 62.4 Å². The van der Waals surface area contributed by atoms with Gasteiger partial charge in [-0.3, -0.25) is 4.79 Å². The highest BCUT2D eigenvalue weighted by molar-refractivity contribution is 5.76. The fourth-order valence-electron chi connectivity index (χ4n) is 2.37. The van der Waals surface area contributed by atoms with Gasteiger partial charge in [-0.2, -0.15) is 0 Å². The van der Waals surface area contributed by atoms with E-state index in [1.54, 1.807) is 0 Å². The van der Waals surface area contributed by atoms with Gasteiger partial charge in [-0.25, -0.2) is 0 Å². The Labute approximate surface area is 132 Å². The number of para-hydroxylation sites is 1. The van der Waals surface area contributed by atoms with Gasteiger partial charge >= 0.3 is 0 Å². The first-order valence-corrected chi connectivity index (χ1v) is 7.58. The molecule has 3 heteroatoms. The van der Waals surface area contributed by atoms with Crippen molar-refractivity contribution in [3.63, 3.8) is 0 Å². The zero-order valence-corrected chi connectivity index (χ0v) is 13.2. The smallest absolute Gasteiger partial charge is 0.223 e. The zero-order valence-electron chi connectivity index (χ0n) is 13.2. The van der Waals surface area contributed by atoms with Crippen molar-refractivity contribution in [1.29, 1.82) is 0 Å². The van der Waals surface area contributed by atoms with Gasteiger partial charge in [0.15, 0.2) is 0 Å². The molecule has 116 valence electrons. The summed E-state index contributed by atoms with van der Waals surface area (Å²) in [5.41, 5.74) is 0.943. The maximum absolute atomic E-state index is 12.0. The van der Waals surface area contributed by atoms with Crippen LogP contribution in [0, 0.1) is 0 Å². The van der Waals surface area contributed by atoms with Crippen LogP contribution in [0.25, 0.3) is 0 Å². The molecule has 0 radical (unpaired) electrons. The molecule has 2 rings (SSSR count). The Kier molecular flexibility index (Phi) is 5.59. The zero-order chi connectivity index (χ0) is 15.8. The molecule has 1 N–H and O–H groups in total. The van der Waals surface area contributed by atoms with Crippen LogP contribution in [0.4, 0.5) is 0 Å². The number of amides is 1. The third kappa shape index (κ3) is 5.60. The maximum atomic E-state index is 12.0. The molecule has 2 aromatic rings. The first-order valence-electron chi connectivity index (χ1n) is 7.58. The number of hydrogen-bond donors (Lipinski definition) is 1. The van der Waals surface area contributed by atoms with Crippen LogP contribution in [-0.4, -0.2) is 18.1 Å². The van der Waals surface area contributed by atoms with Crippen LogP contribution >= 0.6 is 0 Å². The number of nitrogens with one attached hydrogen (secondary N) is 1. The van der Waals surface area contributed by atoms with Crippen LogP contribution in [0.1, 0.15) is 25.8 Å². The quantitative estimate of drug-likeness (QED) is 0.848. The van der Waals surface area contributed by atoms with Gasteiger partial charge in [-0.15, -0.1) is 0 Å². The molecule has 0 bridgehead atoms. The number of carbonyl (C=O) groups is 1. The molecule has 3 nitrogen and oxygen atoms in total. The van der Waals surface area contributed by atoms with E-state index in [2.05, 4.69) is 17.4 Å². The highest BCUT2D eigenvalue weighted by Gasteiger charge is 2.20. The highest BCUT2D eigenvalue weighted by Crippen LogP contribution is 2.13. The summed E-state index contributed by atoms with van der Waals surface area (Å²) in [6, 6.07) is 19.7. The van der Waals surface area contributed by atoms with E-state index in [4.69, 9.17) is 4.74 Å². The van der Waals surface area contributed by atoms with Crippen molar-refractivity contribution < 1.29 is 9.53 Å². The number of carbonyl (C=O) groups excluding carboxylic acids is 1. The Morgan fingerprint density at radius 3 is 2.23 bits per heavy atom. The van der Waals surface area contributed by atoms with Crippen molar-refractivity contribution in [2.45, 2.75) is 32.2 Å². The van der Waals surface area contributed by atoms with Crippen LogP contribution in [0.3, 0.4) is 0 Å². The van der Waals surface area contributed by atoms with Crippen molar-refractivity contribution in [3.8, 4) is 5.75 Å². The summed E-state index contributed by atoms with van der Waals surface area (Å²) in [6.07, 6.45) is 1.16. The molecule has 0 aliphatic carbocycles. The van der Waals surface area contributed by atoms with E-state index in [0.717, 1.165) is 12.2 Å². The number of ether oxygens (including phenoxy) is 1. The molecule has 0 unspecified atom stereocenters. The minimum absolute atomic E-state index is 0.0110. The molecule has 0 saturated heterocycles. The van der Waals surface area contributed by atoms with Gasteiger partial charge in [-0.05, 0) is 38.0 Å². The Morgan fingerprint density at radius 2 is 1.59 bits per heavy atom. The standard InChI is InChI=1S/C19H23NO2/c1-19(2,15-16-9-5-3-6-10-16)20-18(21)13-14-22-17-11-7-4-8-12-17/h3-12H,13-15H2,1-2H3,(H,20,21). The van der Waals surface area contributed by atoms with Crippen molar-refractivity contribution in [2.75, 3.05) is 6.61 Å². The molecule has 0 fully saturated rings. The minimum Gasteiger partial charge on any atom is -0.493 e. The van der Waals surface area contributed by atoms with Gasteiger partial charge in [0.1, 0.15) is 5.75 Å². The maximum Gasteiger partial charge on any atom is 0.223 e. The van der Waals surface area contributed by atoms with Crippen molar-refractivity contribution >= 4 is 5.91 Å². The summed E-state index contributed by atoms with van der Waals surface area (Å²) in [6.45, 7) is 4.46.